The molecule has 43 heavy (non-hydrogen) atoms. The maximum atomic E-state index is 14.1. The number of aryl methyl sites for hydroxylation is 3. The molecule has 0 spiro atoms. The Balaban J connectivity index is 1.45. The molecule has 6 rings (SSSR count). The van der Waals surface area contributed by atoms with Gasteiger partial charge in [-0.3, -0.25) is 14.4 Å². The number of rotatable bonds is 8. The molecule has 5 aromatic rings. The summed E-state index contributed by atoms with van der Waals surface area (Å²) in [6.07, 6.45) is 4.42. The van der Waals surface area contributed by atoms with Crippen LogP contribution >= 0.6 is 11.6 Å². The lowest BCUT2D eigenvalue weighted by atomic mass is 10.1. The third-order valence-corrected chi connectivity index (χ3v) is 9.94. The van der Waals surface area contributed by atoms with Crippen molar-refractivity contribution in [3.05, 3.63) is 104 Å². The summed E-state index contributed by atoms with van der Waals surface area (Å²) in [5.41, 5.74) is 7.04. The van der Waals surface area contributed by atoms with Gasteiger partial charge in [0.25, 0.3) is 21.5 Å². The van der Waals surface area contributed by atoms with E-state index in [0.717, 1.165) is 22.4 Å². The van der Waals surface area contributed by atoms with Crippen LogP contribution in [-0.2, 0) is 10.0 Å². The Kier molecular flexibility index (Phi) is 6.94. The summed E-state index contributed by atoms with van der Waals surface area (Å²) in [5.74, 6) is -1.24. The SMILES string of the molecule is Cc1cc(C)c(S(=O)(=O)n2cc(C(=O)COc3cc4ccc(Cl)cc4cc3C(N)=O)c3ccn(C4CC4)c(=O)c32)c(C)c1. The van der Waals surface area contributed by atoms with Gasteiger partial charge in [-0.2, -0.15) is 0 Å². The maximum absolute atomic E-state index is 14.1. The Hall–Kier alpha value is -4.41. The molecule has 1 aliphatic rings. The fourth-order valence-corrected chi connectivity index (χ4v) is 7.70. The number of carbonyl (C=O) groups excluding carboxylic acids is 2. The fourth-order valence-electron chi connectivity index (χ4n) is 5.73. The number of halogens is 1. The summed E-state index contributed by atoms with van der Waals surface area (Å²) in [6.45, 7) is 4.75. The average Bonchev–Trinajstić information content (AvgIpc) is 3.69. The number of pyridine rings is 1. The van der Waals surface area contributed by atoms with Crippen molar-refractivity contribution in [1.29, 1.82) is 0 Å². The van der Waals surface area contributed by atoms with Gasteiger partial charge in [0.15, 0.2) is 6.61 Å². The van der Waals surface area contributed by atoms with Crippen molar-refractivity contribution < 1.29 is 22.7 Å². The molecule has 2 heterocycles. The molecule has 0 saturated heterocycles. The molecule has 0 radical (unpaired) electrons. The van der Waals surface area contributed by atoms with Crippen molar-refractivity contribution in [2.75, 3.05) is 6.61 Å². The number of fused-ring (bicyclic) bond motifs is 2. The van der Waals surface area contributed by atoms with Crippen molar-refractivity contribution in [1.82, 2.24) is 8.54 Å². The van der Waals surface area contributed by atoms with Crippen LogP contribution in [0, 0.1) is 20.8 Å². The normalized spacial score (nSPS) is 13.5. The molecular weight excluding hydrogens is 590 g/mol. The van der Waals surface area contributed by atoms with E-state index >= 15 is 0 Å². The van der Waals surface area contributed by atoms with Gasteiger partial charge in [-0.1, -0.05) is 35.4 Å². The zero-order chi connectivity index (χ0) is 30.8. The fraction of sp³-hybridized carbons (Fsp3) is 0.219. The molecule has 3 aromatic carbocycles. The molecule has 1 saturated carbocycles. The van der Waals surface area contributed by atoms with Crippen molar-refractivity contribution in [3.63, 3.8) is 0 Å². The highest BCUT2D eigenvalue weighted by atomic mass is 35.5. The second kappa shape index (κ2) is 10.4. The first kappa shape index (κ1) is 28.7. The summed E-state index contributed by atoms with van der Waals surface area (Å²) < 4.78 is 36.5. The summed E-state index contributed by atoms with van der Waals surface area (Å²) in [5, 5.41) is 2.06. The Morgan fingerprint density at radius 2 is 1.67 bits per heavy atom. The number of hydrogen-bond acceptors (Lipinski definition) is 6. The van der Waals surface area contributed by atoms with Gasteiger partial charge < -0.3 is 15.0 Å². The molecule has 0 atom stereocenters. The number of nitrogens with two attached hydrogens (primary N) is 1. The number of primary amides is 1. The number of benzene rings is 3. The van der Waals surface area contributed by atoms with Gasteiger partial charge in [0, 0.05) is 34.4 Å². The van der Waals surface area contributed by atoms with E-state index in [9.17, 15) is 22.8 Å². The molecule has 1 fully saturated rings. The summed E-state index contributed by atoms with van der Waals surface area (Å²) in [7, 11) is -4.28. The van der Waals surface area contributed by atoms with Crippen molar-refractivity contribution >= 4 is 55.0 Å². The Morgan fingerprint density at radius 3 is 2.33 bits per heavy atom. The first-order valence-electron chi connectivity index (χ1n) is 13.7. The molecule has 1 amide bonds. The van der Waals surface area contributed by atoms with Gasteiger partial charge >= 0.3 is 0 Å². The van der Waals surface area contributed by atoms with E-state index in [1.165, 1.54) is 16.8 Å². The molecule has 9 nitrogen and oxygen atoms in total. The highest BCUT2D eigenvalue weighted by Gasteiger charge is 2.31. The molecule has 0 aliphatic heterocycles. The number of amides is 1. The number of Topliss-reactive ketones (excluding diaryl/α,β-unsaturated/α-hetero) is 1. The summed E-state index contributed by atoms with van der Waals surface area (Å²) in [6, 6.07) is 13.3. The number of nitrogens with zero attached hydrogens (tertiary/aromatic N) is 2. The van der Waals surface area contributed by atoms with Crippen LogP contribution in [0.15, 0.2) is 70.6 Å². The van der Waals surface area contributed by atoms with Crippen LogP contribution in [0.1, 0.15) is 56.3 Å². The quantitative estimate of drug-likeness (QED) is 0.230. The summed E-state index contributed by atoms with van der Waals surface area (Å²) >= 11 is 6.09. The second-order valence-electron chi connectivity index (χ2n) is 11.0. The van der Waals surface area contributed by atoms with Gasteiger partial charge in [0.05, 0.1) is 10.5 Å². The van der Waals surface area contributed by atoms with E-state index in [1.807, 2.05) is 6.92 Å². The molecule has 11 heteroatoms. The highest BCUT2D eigenvalue weighted by molar-refractivity contribution is 7.90. The van der Waals surface area contributed by atoms with Gasteiger partial charge in [0.2, 0.25) is 5.78 Å². The molecule has 1 aliphatic carbocycles. The van der Waals surface area contributed by atoms with Crippen molar-refractivity contribution in [2.45, 2.75) is 44.6 Å². The minimum atomic E-state index is -4.28. The monoisotopic (exact) mass is 617 g/mol. The largest absolute Gasteiger partial charge is 0.485 e. The van der Waals surface area contributed by atoms with Crippen molar-refractivity contribution in [3.8, 4) is 5.75 Å². The number of aromatic nitrogens is 2. The number of ketones is 1. The third-order valence-electron chi connectivity index (χ3n) is 7.74. The van der Waals surface area contributed by atoms with Crippen molar-refractivity contribution in [2.24, 2.45) is 5.73 Å². The van der Waals surface area contributed by atoms with Crippen LogP contribution in [-0.4, -0.2) is 35.3 Å². The third kappa shape index (κ3) is 5.00. The van der Waals surface area contributed by atoms with E-state index in [-0.39, 0.29) is 38.7 Å². The predicted molar refractivity (Wildman–Crippen MR) is 165 cm³/mol. The topological polar surface area (TPSA) is 130 Å². The molecule has 2 N–H and O–H groups in total. The summed E-state index contributed by atoms with van der Waals surface area (Å²) in [4.78, 5) is 39.6. The lowest BCUT2D eigenvalue weighted by Crippen LogP contribution is -2.24. The van der Waals surface area contributed by atoms with Crippen LogP contribution in [0.4, 0.5) is 0 Å². The zero-order valence-corrected chi connectivity index (χ0v) is 25.3. The lowest BCUT2D eigenvalue weighted by Gasteiger charge is -2.14. The molecule has 2 aromatic heterocycles. The Bertz CT molecular complexity index is 2150. The van der Waals surface area contributed by atoms with Crippen LogP contribution in [0.5, 0.6) is 5.75 Å². The van der Waals surface area contributed by atoms with E-state index in [0.29, 0.717) is 26.9 Å². The van der Waals surface area contributed by atoms with E-state index in [1.54, 1.807) is 62.5 Å². The number of carbonyl (C=O) groups is 2. The molecular formula is C32H28ClN3O6S. The smallest absolute Gasteiger partial charge is 0.276 e. The van der Waals surface area contributed by atoms with E-state index in [4.69, 9.17) is 22.1 Å². The Morgan fingerprint density at radius 1 is 0.977 bits per heavy atom. The van der Waals surface area contributed by atoms with Gasteiger partial charge in [-0.15, -0.1) is 0 Å². The lowest BCUT2D eigenvalue weighted by molar-refractivity contribution is 0.0914. The second-order valence-corrected chi connectivity index (χ2v) is 13.2. The average molecular weight is 618 g/mol. The van der Waals surface area contributed by atoms with Crippen LogP contribution in [0.2, 0.25) is 5.02 Å². The molecule has 0 unspecified atom stereocenters. The maximum Gasteiger partial charge on any atom is 0.276 e. The van der Waals surface area contributed by atoms with E-state index in [2.05, 4.69) is 0 Å². The van der Waals surface area contributed by atoms with Crippen LogP contribution < -0.4 is 16.0 Å². The number of hydrogen-bond donors (Lipinski definition) is 1. The first-order chi connectivity index (χ1) is 20.4. The highest BCUT2D eigenvalue weighted by Crippen LogP contribution is 2.35. The Labute approximate surface area is 252 Å². The van der Waals surface area contributed by atoms with Gasteiger partial charge in [-0.05, 0) is 85.8 Å². The minimum absolute atomic E-state index is 0.00855. The number of ether oxygens (including phenoxy) is 1. The van der Waals surface area contributed by atoms with Gasteiger partial charge in [0.1, 0.15) is 11.3 Å². The standard InChI is InChI=1S/C32H28ClN3O6S/c1-17-10-18(2)30(19(3)11-17)43(40,41)36-15-26(24-8-9-35(23-6-7-23)32(39)29(24)36)27(37)16-42-28-14-20-4-5-22(33)12-21(20)13-25(28)31(34)38/h4-5,8-15,23H,6-7,16H2,1-3H3,(H2,34,38). The molecule has 220 valence electrons. The zero-order valence-electron chi connectivity index (χ0n) is 23.7. The van der Waals surface area contributed by atoms with Crippen LogP contribution in [0.3, 0.4) is 0 Å². The van der Waals surface area contributed by atoms with E-state index < -0.39 is 33.9 Å². The predicted octanol–water partition coefficient (Wildman–Crippen LogP) is 5.47. The van der Waals surface area contributed by atoms with Gasteiger partial charge in [-0.25, -0.2) is 12.4 Å². The van der Waals surface area contributed by atoms with Crippen LogP contribution in [0.25, 0.3) is 21.7 Å². The molecule has 0 bridgehead atoms. The first-order valence-corrected chi connectivity index (χ1v) is 15.5. The minimum Gasteiger partial charge on any atom is -0.485 e.